The number of sulfone groups is 1. The van der Waals surface area contributed by atoms with Crippen molar-refractivity contribution >= 4 is 37.2 Å². The minimum atomic E-state index is -3.67. The number of fused-ring (bicyclic) bond motifs is 1. The Morgan fingerprint density at radius 3 is 2.35 bits per heavy atom. The molecular weight excluding hydrogens is 464 g/mol. The molecule has 7 heteroatoms. The predicted molar refractivity (Wildman–Crippen MR) is 135 cm³/mol. The molecule has 2 heterocycles. The maximum atomic E-state index is 13.2. The minimum Gasteiger partial charge on any atom is -0.347 e. The summed E-state index contributed by atoms with van der Waals surface area (Å²) in [5.74, 6) is -0.171. The number of pyridine rings is 1. The van der Waals surface area contributed by atoms with Crippen LogP contribution in [0, 0.1) is 0 Å². The molecule has 0 aliphatic rings. The van der Waals surface area contributed by atoms with Crippen LogP contribution in [0.5, 0.6) is 0 Å². The van der Waals surface area contributed by atoms with Gasteiger partial charge in [-0.2, -0.15) is 0 Å². The highest BCUT2D eigenvalue weighted by atomic mass is 32.2. The maximum Gasteiger partial charge on any atom is 0.261 e. The van der Waals surface area contributed by atoms with Gasteiger partial charge >= 0.3 is 0 Å². The second-order valence-electron chi connectivity index (χ2n) is 7.75. The molecule has 1 amide bonds. The van der Waals surface area contributed by atoms with Crippen LogP contribution in [-0.2, 0) is 16.4 Å². The fourth-order valence-electron chi connectivity index (χ4n) is 3.66. The van der Waals surface area contributed by atoms with Crippen LogP contribution >= 0.6 is 11.3 Å². The van der Waals surface area contributed by atoms with E-state index in [4.69, 9.17) is 0 Å². The molecule has 0 unspecified atom stereocenters. The van der Waals surface area contributed by atoms with Gasteiger partial charge in [-0.25, -0.2) is 8.42 Å². The standard InChI is InChI=1S/C27H20N2O3S2/c30-27(25-16-22-13-14-28-18-26(22)33-25)29-17-19-9-11-23(12-10-19)34(31,32)24-8-4-7-21(15-24)20-5-2-1-3-6-20/h1-16,18H,17H2,(H,29,30). The third kappa shape index (κ3) is 4.48. The highest BCUT2D eigenvalue weighted by molar-refractivity contribution is 7.91. The normalized spacial score (nSPS) is 11.4. The molecule has 168 valence electrons. The van der Waals surface area contributed by atoms with Crippen molar-refractivity contribution in [2.24, 2.45) is 0 Å². The van der Waals surface area contributed by atoms with Crippen molar-refractivity contribution in [3.63, 3.8) is 0 Å². The summed E-state index contributed by atoms with van der Waals surface area (Å²) in [6, 6.07) is 26.9. The van der Waals surface area contributed by atoms with Gasteiger partial charge in [0.05, 0.1) is 19.4 Å². The number of carbonyl (C=O) groups excluding carboxylic acids is 1. The Hall–Kier alpha value is -3.81. The SMILES string of the molecule is O=C(NCc1ccc(S(=O)(=O)c2cccc(-c3ccccc3)c2)cc1)c1cc2ccncc2s1. The number of benzene rings is 3. The van der Waals surface area contributed by atoms with Crippen molar-refractivity contribution < 1.29 is 13.2 Å². The Morgan fingerprint density at radius 1 is 0.824 bits per heavy atom. The van der Waals surface area contributed by atoms with E-state index in [0.717, 1.165) is 26.8 Å². The topological polar surface area (TPSA) is 76.1 Å². The maximum absolute atomic E-state index is 13.2. The lowest BCUT2D eigenvalue weighted by molar-refractivity contribution is 0.0955. The average Bonchev–Trinajstić information content (AvgIpc) is 3.33. The number of nitrogens with one attached hydrogen (secondary N) is 1. The lowest BCUT2D eigenvalue weighted by Gasteiger charge is -2.09. The quantitative estimate of drug-likeness (QED) is 0.334. The van der Waals surface area contributed by atoms with E-state index in [2.05, 4.69) is 10.3 Å². The summed E-state index contributed by atoms with van der Waals surface area (Å²) in [5, 5.41) is 3.88. The van der Waals surface area contributed by atoms with E-state index in [1.54, 1.807) is 54.9 Å². The molecule has 5 rings (SSSR count). The van der Waals surface area contributed by atoms with Crippen LogP contribution in [0.15, 0.2) is 113 Å². The third-order valence-electron chi connectivity index (χ3n) is 5.48. The first-order valence-corrected chi connectivity index (χ1v) is 12.9. The van der Waals surface area contributed by atoms with Crippen molar-refractivity contribution in [1.82, 2.24) is 10.3 Å². The molecular formula is C27H20N2O3S2. The van der Waals surface area contributed by atoms with Gasteiger partial charge in [-0.15, -0.1) is 11.3 Å². The van der Waals surface area contributed by atoms with Gasteiger partial charge < -0.3 is 5.32 Å². The predicted octanol–water partition coefficient (Wildman–Crippen LogP) is 5.73. The van der Waals surface area contributed by atoms with Crippen LogP contribution in [0.3, 0.4) is 0 Å². The van der Waals surface area contributed by atoms with Crippen molar-refractivity contribution in [1.29, 1.82) is 0 Å². The van der Waals surface area contributed by atoms with Crippen LogP contribution in [0.4, 0.5) is 0 Å². The van der Waals surface area contributed by atoms with Crippen LogP contribution in [-0.4, -0.2) is 19.3 Å². The third-order valence-corrected chi connectivity index (χ3v) is 8.34. The molecule has 0 bridgehead atoms. The molecule has 0 spiro atoms. The zero-order valence-electron chi connectivity index (χ0n) is 18.0. The highest BCUT2D eigenvalue weighted by Gasteiger charge is 2.18. The van der Waals surface area contributed by atoms with E-state index in [1.807, 2.05) is 48.5 Å². The van der Waals surface area contributed by atoms with Gasteiger partial charge in [0.25, 0.3) is 5.91 Å². The van der Waals surface area contributed by atoms with Gasteiger partial charge in [0.2, 0.25) is 9.84 Å². The lowest BCUT2D eigenvalue weighted by atomic mass is 10.1. The number of aromatic nitrogens is 1. The first-order chi connectivity index (χ1) is 16.5. The molecule has 1 N–H and O–H groups in total. The van der Waals surface area contributed by atoms with Gasteiger partial charge in [0.1, 0.15) is 0 Å². The van der Waals surface area contributed by atoms with E-state index in [0.29, 0.717) is 11.4 Å². The van der Waals surface area contributed by atoms with Crippen molar-refractivity contribution in [2.45, 2.75) is 16.3 Å². The summed E-state index contributed by atoms with van der Waals surface area (Å²) < 4.78 is 27.3. The number of hydrogen-bond donors (Lipinski definition) is 1. The lowest BCUT2D eigenvalue weighted by Crippen LogP contribution is -2.21. The summed E-state index contributed by atoms with van der Waals surface area (Å²) in [4.78, 5) is 17.7. The first-order valence-electron chi connectivity index (χ1n) is 10.6. The van der Waals surface area contributed by atoms with Crippen molar-refractivity contribution in [2.75, 3.05) is 0 Å². The summed E-state index contributed by atoms with van der Waals surface area (Å²) in [6.45, 7) is 0.301. The molecule has 2 aromatic heterocycles. The minimum absolute atomic E-state index is 0.171. The van der Waals surface area contributed by atoms with Gasteiger partial charge in [0.15, 0.2) is 0 Å². The Balaban J connectivity index is 1.30. The highest BCUT2D eigenvalue weighted by Crippen LogP contribution is 2.27. The average molecular weight is 485 g/mol. The van der Waals surface area contributed by atoms with E-state index in [-0.39, 0.29) is 15.7 Å². The van der Waals surface area contributed by atoms with Crippen LogP contribution < -0.4 is 5.32 Å². The Kier molecular flexibility index (Phi) is 5.96. The Labute approximate surface area is 201 Å². The van der Waals surface area contributed by atoms with E-state index >= 15 is 0 Å². The number of thiophene rings is 1. The molecule has 3 aromatic carbocycles. The molecule has 0 radical (unpaired) electrons. The summed E-state index contributed by atoms with van der Waals surface area (Å²) >= 11 is 1.39. The van der Waals surface area contributed by atoms with Crippen LogP contribution in [0.2, 0.25) is 0 Å². The monoisotopic (exact) mass is 484 g/mol. The largest absolute Gasteiger partial charge is 0.347 e. The molecule has 0 fully saturated rings. The van der Waals surface area contributed by atoms with Crippen LogP contribution in [0.1, 0.15) is 15.2 Å². The first kappa shape index (κ1) is 22.0. The molecule has 5 nitrogen and oxygen atoms in total. The number of nitrogens with zero attached hydrogens (tertiary/aromatic N) is 1. The molecule has 0 atom stereocenters. The second-order valence-corrected chi connectivity index (χ2v) is 10.8. The summed E-state index contributed by atoms with van der Waals surface area (Å²) in [6.07, 6.45) is 3.44. The van der Waals surface area contributed by atoms with E-state index < -0.39 is 9.84 Å². The second kappa shape index (κ2) is 9.21. The molecule has 34 heavy (non-hydrogen) atoms. The fraction of sp³-hybridized carbons (Fsp3) is 0.0370. The van der Waals surface area contributed by atoms with Crippen LogP contribution in [0.25, 0.3) is 21.2 Å². The smallest absolute Gasteiger partial charge is 0.261 e. The number of carbonyl (C=O) groups is 1. The number of hydrogen-bond acceptors (Lipinski definition) is 5. The van der Waals surface area contributed by atoms with Gasteiger partial charge in [0, 0.05) is 18.9 Å². The van der Waals surface area contributed by atoms with E-state index in [1.165, 1.54) is 11.3 Å². The summed E-state index contributed by atoms with van der Waals surface area (Å²) in [7, 11) is -3.67. The molecule has 0 aliphatic carbocycles. The Morgan fingerprint density at radius 2 is 1.59 bits per heavy atom. The van der Waals surface area contributed by atoms with Crippen molar-refractivity contribution in [3.8, 4) is 11.1 Å². The molecule has 5 aromatic rings. The number of amides is 1. The molecule has 0 saturated carbocycles. The zero-order valence-corrected chi connectivity index (χ0v) is 19.6. The molecule has 0 saturated heterocycles. The van der Waals surface area contributed by atoms with Crippen molar-refractivity contribution in [3.05, 3.63) is 114 Å². The zero-order chi connectivity index (χ0) is 23.5. The van der Waals surface area contributed by atoms with Gasteiger partial charge in [-0.05, 0) is 58.5 Å². The Bertz CT molecular complexity index is 1540. The fourth-order valence-corrected chi connectivity index (χ4v) is 5.91. The van der Waals surface area contributed by atoms with Gasteiger partial charge in [-0.3, -0.25) is 9.78 Å². The number of rotatable bonds is 6. The molecule has 0 aliphatic heterocycles. The van der Waals surface area contributed by atoms with Gasteiger partial charge in [-0.1, -0.05) is 54.6 Å². The van der Waals surface area contributed by atoms with E-state index in [9.17, 15) is 13.2 Å². The summed E-state index contributed by atoms with van der Waals surface area (Å²) in [5.41, 5.74) is 2.62.